The molecule has 72 valence electrons. The SMILES string of the molecule is N#CS.Nc1nc2[nH]cnc2c(=O)[nH]1. The Labute approximate surface area is 83.4 Å². The van der Waals surface area contributed by atoms with Crippen LogP contribution in [-0.2, 0) is 0 Å². The van der Waals surface area contributed by atoms with Gasteiger partial charge in [-0.05, 0) is 0 Å². The van der Waals surface area contributed by atoms with Crippen LogP contribution in [0.3, 0.4) is 0 Å². The topological polar surface area (TPSA) is 124 Å². The lowest BCUT2D eigenvalue weighted by atomic mass is 10.5. The number of nitrogen functional groups attached to an aromatic ring is 1. The first kappa shape index (κ1) is 10.1. The Bertz CT molecular complexity index is 523. The number of rotatable bonds is 0. The second kappa shape index (κ2) is 4.29. The van der Waals surface area contributed by atoms with Crippen LogP contribution >= 0.6 is 12.6 Å². The first-order chi connectivity index (χ1) is 6.69. The van der Waals surface area contributed by atoms with Crippen molar-refractivity contribution in [3.63, 3.8) is 0 Å². The third kappa shape index (κ3) is 2.02. The zero-order valence-corrected chi connectivity index (χ0v) is 7.75. The highest BCUT2D eigenvalue weighted by molar-refractivity contribution is 7.85. The van der Waals surface area contributed by atoms with Gasteiger partial charge in [0.25, 0.3) is 5.56 Å². The first-order valence-electron chi connectivity index (χ1n) is 3.41. The van der Waals surface area contributed by atoms with Crippen LogP contribution in [-0.4, -0.2) is 19.9 Å². The smallest absolute Gasteiger partial charge is 0.280 e. The number of nitriles is 1. The van der Waals surface area contributed by atoms with Crippen molar-refractivity contribution in [3.05, 3.63) is 16.7 Å². The summed E-state index contributed by atoms with van der Waals surface area (Å²) in [6.07, 6.45) is 1.40. The van der Waals surface area contributed by atoms with Gasteiger partial charge in [0.05, 0.1) is 6.33 Å². The van der Waals surface area contributed by atoms with Crippen molar-refractivity contribution in [2.45, 2.75) is 0 Å². The number of nitrogens with one attached hydrogen (secondary N) is 2. The van der Waals surface area contributed by atoms with Crippen molar-refractivity contribution in [3.8, 4) is 5.40 Å². The molecule has 4 N–H and O–H groups in total. The molecule has 0 radical (unpaired) electrons. The molecule has 0 amide bonds. The van der Waals surface area contributed by atoms with E-state index in [0.717, 1.165) is 0 Å². The highest BCUT2D eigenvalue weighted by Crippen LogP contribution is 1.98. The van der Waals surface area contributed by atoms with Gasteiger partial charge in [0, 0.05) is 0 Å². The average Bonchev–Trinajstić information content (AvgIpc) is 2.53. The molecule has 0 aliphatic rings. The maximum absolute atomic E-state index is 11.0. The van der Waals surface area contributed by atoms with Gasteiger partial charge >= 0.3 is 0 Å². The van der Waals surface area contributed by atoms with E-state index in [2.05, 4.69) is 32.6 Å². The molecule has 14 heavy (non-hydrogen) atoms. The summed E-state index contributed by atoms with van der Waals surface area (Å²) < 4.78 is 0. The van der Waals surface area contributed by atoms with Gasteiger partial charge in [-0.25, -0.2) is 4.98 Å². The van der Waals surface area contributed by atoms with Gasteiger partial charge in [0.1, 0.15) is 5.40 Å². The minimum atomic E-state index is -0.325. The highest BCUT2D eigenvalue weighted by atomic mass is 32.1. The van der Waals surface area contributed by atoms with Crippen molar-refractivity contribution < 1.29 is 0 Å². The largest absolute Gasteiger partial charge is 0.369 e. The molecule has 0 aromatic carbocycles. The summed E-state index contributed by atoms with van der Waals surface area (Å²) in [7, 11) is 0. The molecule has 0 saturated heterocycles. The maximum atomic E-state index is 11.0. The lowest BCUT2D eigenvalue weighted by Gasteiger charge is -1.89. The second-order valence-electron chi connectivity index (χ2n) is 2.15. The Kier molecular flexibility index (Phi) is 3.09. The number of imidazole rings is 1. The molecule has 0 atom stereocenters. The molecule has 2 aromatic rings. The molecular weight excluding hydrogens is 204 g/mol. The van der Waals surface area contributed by atoms with E-state index in [1.807, 2.05) is 0 Å². The van der Waals surface area contributed by atoms with Crippen LogP contribution in [0.5, 0.6) is 0 Å². The number of aromatic nitrogens is 4. The lowest BCUT2D eigenvalue weighted by Crippen LogP contribution is -2.10. The van der Waals surface area contributed by atoms with Gasteiger partial charge in [0.15, 0.2) is 11.2 Å². The summed E-state index contributed by atoms with van der Waals surface area (Å²) in [5.74, 6) is 0.0896. The monoisotopic (exact) mass is 210 g/mol. The van der Waals surface area contributed by atoms with Crippen molar-refractivity contribution in [1.82, 2.24) is 19.9 Å². The van der Waals surface area contributed by atoms with E-state index in [4.69, 9.17) is 11.0 Å². The lowest BCUT2D eigenvalue weighted by molar-refractivity contribution is 1.17. The fraction of sp³-hybridized carbons (Fsp3) is 0. The number of thiol groups is 1. The third-order valence-corrected chi connectivity index (χ3v) is 1.31. The summed E-state index contributed by atoms with van der Waals surface area (Å²) in [5, 5.41) is 8.63. The minimum absolute atomic E-state index is 0.0896. The summed E-state index contributed by atoms with van der Waals surface area (Å²) in [4.78, 5) is 23.6. The molecule has 7 nitrogen and oxygen atoms in total. The van der Waals surface area contributed by atoms with Gasteiger partial charge < -0.3 is 10.7 Å². The van der Waals surface area contributed by atoms with Crippen molar-refractivity contribution in [2.75, 3.05) is 5.73 Å². The standard InChI is InChI=1S/C5H5N5O.CHNS/c6-5-9-3-2(4(11)10-5)7-1-8-3;2-1-3/h1H,(H4,6,7,8,9,10,11);3H. The second-order valence-corrected chi connectivity index (χ2v) is 2.35. The van der Waals surface area contributed by atoms with Gasteiger partial charge in [-0.1, -0.05) is 12.6 Å². The van der Waals surface area contributed by atoms with E-state index >= 15 is 0 Å². The highest BCUT2D eigenvalue weighted by Gasteiger charge is 2.01. The molecule has 0 saturated carbocycles. The van der Waals surface area contributed by atoms with Gasteiger partial charge in [-0.3, -0.25) is 9.78 Å². The molecular formula is C6H6N6OS. The Morgan fingerprint density at radius 2 is 2.29 bits per heavy atom. The van der Waals surface area contributed by atoms with Crippen molar-refractivity contribution >= 4 is 29.7 Å². The number of nitrogens with zero attached hydrogens (tertiary/aromatic N) is 3. The Morgan fingerprint density at radius 1 is 1.64 bits per heavy atom. The van der Waals surface area contributed by atoms with Crippen LogP contribution in [0.15, 0.2) is 11.1 Å². The normalized spacial score (nSPS) is 8.86. The fourth-order valence-electron chi connectivity index (χ4n) is 0.863. The van der Waals surface area contributed by atoms with E-state index in [9.17, 15) is 4.79 Å². The number of thiocyanates is 1. The predicted molar refractivity (Wildman–Crippen MR) is 53.5 cm³/mol. The number of H-pyrrole nitrogens is 2. The number of fused-ring (bicyclic) bond motifs is 1. The fourth-order valence-corrected chi connectivity index (χ4v) is 0.863. The van der Waals surface area contributed by atoms with E-state index in [1.165, 1.54) is 11.7 Å². The molecule has 2 aromatic heterocycles. The van der Waals surface area contributed by atoms with Gasteiger partial charge in [-0.15, -0.1) is 0 Å². The maximum Gasteiger partial charge on any atom is 0.280 e. The first-order valence-corrected chi connectivity index (χ1v) is 3.85. The molecule has 0 unspecified atom stereocenters. The van der Waals surface area contributed by atoms with Crippen LogP contribution < -0.4 is 11.3 Å². The van der Waals surface area contributed by atoms with E-state index < -0.39 is 0 Å². The molecule has 0 bridgehead atoms. The van der Waals surface area contributed by atoms with Crippen LogP contribution in [0.25, 0.3) is 11.2 Å². The molecule has 2 heterocycles. The van der Waals surface area contributed by atoms with Crippen LogP contribution in [0.2, 0.25) is 0 Å². The van der Waals surface area contributed by atoms with Crippen LogP contribution in [0, 0.1) is 10.7 Å². The number of hydrogen-bond donors (Lipinski definition) is 4. The predicted octanol–water partition coefficient (Wildman–Crippen LogP) is -0.374. The molecule has 0 aliphatic carbocycles. The Morgan fingerprint density at radius 3 is 2.93 bits per heavy atom. The summed E-state index contributed by atoms with van der Waals surface area (Å²) in [5.41, 5.74) is 5.63. The van der Waals surface area contributed by atoms with Crippen molar-refractivity contribution in [1.29, 1.82) is 5.26 Å². The Hall–Kier alpha value is -2.01. The molecule has 2 rings (SSSR count). The molecule has 0 aliphatic heterocycles. The molecule has 0 spiro atoms. The third-order valence-electron chi connectivity index (χ3n) is 1.31. The zero-order valence-electron chi connectivity index (χ0n) is 6.85. The number of hydrogen-bond acceptors (Lipinski definition) is 6. The summed E-state index contributed by atoms with van der Waals surface area (Å²) >= 11 is 3.09. The van der Waals surface area contributed by atoms with Crippen LogP contribution in [0.1, 0.15) is 0 Å². The van der Waals surface area contributed by atoms with Crippen LogP contribution in [0.4, 0.5) is 5.95 Å². The number of anilines is 1. The summed E-state index contributed by atoms with van der Waals surface area (Å²) in [6, 6.07) is 0. The summed E-state index contributed by atoms with van der Waals surface area (Å²) in [6.45, 7) is 0. The van der Waals surface area contributed by atoms with E-state index in [0.29, 0.717) is 5.65 Å². The molecule has 0 fully saturated rings. The van der Waals surface area contributed by atoms with E-state index in [-0.39, 0.29) is 17.0 Å². The van der Waals surface area contributed by atoms with Gasteiger partial charge in [-0.2, -0.15) is 10.2 Å². The minimum Gasteiger partial charge on any atom is -0.369 e. The van der Waals surface area contributed by atoms with E-state index in [1.54, 1.807) is 0 Å². The average molecular weight is 210 g/mol. The molecule has 8 heteroatoms. The van der Waals surface area contributed by atoms with Crippen molar-refractivity contribution in [2.24, 2.45) is 0 Å². The number of nitrogens with two attached hydrogens (primary N) is 1. The zero-order chi connectivity index (χ0) is 10.6. The van der Waals surface area contributed by atoms with Gasteiger partial charge in [0.2, 0.25) is 5.95 Å². The quantitative estimate of drug-likeness (QED) is 0.348. The number of aromatic amines is 2. The Balaban J connectivity index is 0.000000293.